The first-order chi connectivity index (χ1) is 8.85. The maximum Gasteiger partial charge on any atom is 0.0950 e. The van der Waals surface area contributed by atoms with E-state index in [4.69, 9.17) is 4.42 Å². The van der Waals surface area contributed by atoms with Crippen LogP contribution in [0.15, 0.2) is 23.0 Å². The number of hydrogen-bond acceptors (Lipinski definition) is 2. The Bertz CT molecular complexity index is 320. The van der Waals surface area contributed by atoms with Crippen molar-refractivity contribution >= 4 is 0 Å². The van der Waals surface area contributed by atoms with Gasteiger partial charge in [0.2, 0.25) is 0 Å². The van der Waals surface area contributed by atoms with Crippen LogP contribution < -0.4 is 5.32 Å². The Balaban J connectivity index is 2.03. The van der Waals surface area contributed by atoms with E-state index in [0.717, 1.165) is 18.4 Å². The average Bonchev–Trinajstić information content (AvgIpc) is 2.93. The molecule has 0 aliphatic heterocycles. The molecule has 0 spiro atoms. The first kappa shape index (κ1) is 13.7. The van der Waals surface area contributed by atoms with Crippen LogP contribution in [0.2, 0.25) is 0 Å². The monoisotopic (exact) mass is 249 g/mol. The third kappa shape index (κ3) is 3.38. The van der Waals surface area contributed by atoms with Gasteiger partial charge in [-0.3, -0.25) is 0 Å². The lowest BCUT2D eigenvalue weighted by molar-refractivity contribution is 0.209. The van der Waals surface area contributed by atoms with Gasteiger partial charge in [-0.2, -0.15) is 0 Å². The van der Waals surface area contributed by atoms with E-state index in [9.17, 15) is 0 Å². The van der Waals surface area contributed by atoms with Crippen LogP contribution in [0, 0.1) is 11.8 Å². The minimum absolute atomic E-state index is 0.498. The van der Waals surface area contributed by atoms with Gasteiger partial charge >= 0.3 is 0 Å². The van der Waals surface area contributed by atoms with Crippen molar-refractivity contribution in [1.82, 2.24) is 5.32 Å². The number of hydrogen-bond donors (Lipinski definition) is 1. The van der Waals surface area contributed by atoms with Gasteiger partial charge in [0.15, 0.2) is 0 Å². The fourth-order valence-corrected chi connectivity index (χ4v) is 3.31. The zero-order valence-electron chi connectivity index (χ0n) is 11.8. The van der Waals surface area contributed by atoms with Crippen LogP contribution >= 0.6 is 0 Å². The van der Waals surface area contributed by atoms with Crippen LogP contribution in [0.25, 0.3) is 0 Å². The van der Waals surface area contributed by atoms with E-state index in [0.29, 0.717) is 6.04 Å². The zero-order chi connectivity index (χ0) is 12.8. The second-order valence-electron chi connectivity index (χ2n) is 5.69. The molecule has 18 heavy (non-hydrogen) atoms. The molecule has 0 amide bonds. The molecule has 0 radical (unpaired) electrons. The minimum atomic E-state index is 0.498. The lowest BCUT2D eigenvalue weighted by Crippen LogP contribution is -2.31. The van der Waals surface area contributed by atoms with Crippen LogP contribution in [-0.4, -0.2) is 6.54 Å². The van der Waals surface area contributed by atoms with E-state index >= 15 is 0 Å². The predicted octanol–water partition coefficient (Wildman–Crippen LogP) is 4.54. The van der Waals surface area contributed by atoms with Gasteiger partial charge in [-0.05, 0) is 43.7 Å². The van der Waals surface area contributed by atoms with Gasteiger partial charge in [-0.15, -0.1) is 0 Å². The maximum absolute atomic E-state index is 5.28. The Kier molecular flexibility index (Phi) is 5.30. The van der Waals surface area contributed by atoms with Crippen molar-refractivity contribution in [1.29, 1.82) is 0 Å². The maximum atomic E-state index is 5.28. The van der Waals surface area contributed by atoms with Gasteiger partial charge in [0.05, 0.1) is 12.5 Å². The molecule has 1 aromatic rings. The molecule has 1 saturated carbocycles. The summed E-state index contributed by atoms with van der Waals surface area (Å²) in [5.41, 5.74) is 1.34. The molecule has 0 aromatic carbocycles. The van der Waals surface area contributed by atoms with Gasteiger partial charge in [0, 0.05) is 11.6 Å². The van der Waals surface area contributed by atoms with Crippen LogP contribution in [0.4, 0.5) is 0 Å². The summed E-state index contributed by atoms with van der Waals surface area (Å²) in [6.45, 7) is 5.66. The van der Waals surface area contributed by atoms with Gasteiger partial charge in [0.1, 0.15) is 0 Å². The molecule has 1 N–H and O–H groups in total. The summed E-state index contributed by atoms with van der Waals surface area (Å²) in [6.07, 6.45) is 11.8. The smallest absolute Gasteiger partial charge is 0.0950 e. The van der Waals surface area contributed by atoms with Gasteiger partial charge in [-0.25, -0.2) is 0 Å². The van der Waals surface area contributed by atoms with Gasteiger partial charge in [-0.1, -0.05) is 33.1 Å². The van der Waals surface area contributed by atoms with Gasteiger partial charge in [0.25, 0.3) is 0 Å². The fraction of sp³-hybridized carbons (Fsp3) is 0.750. The summed E-state index contributed by atoms with van der Waals surface area (Å²) in [5, 5.41) is 3.73. The van der Waals surface area contributed by atoms with Crippen molar-refractivity contribution in [2.75, 3.05) is 6.54 Å². The Labute approximate surface area is 111 Å². The highest BCUT2D eigenvalue weighted by Crippen LogP contribution is 2.38. The molecule has 3 atom stereocenters. The van der Waals surface area contributed by atoms with Crippen molar-refractivity contribution < 1.29 is 4.42 Å². The largest absolute Gasteiger partial charge is 0.472 e. The highest BCUT2D eigenvalue weighted by Gasteiger charge is 2.28. The third-order valence-electron chi connectivity index (χ3n) is 4.39. The molecule has 2 heteroatoms. The lowest BCUT2D eigenvalue weighted by atomic mass is 9.75. The SMILES string of the molecule is CCCNC(c1ccoc1)C1CCCC(CC)C1. The fourth-order valence-electron chi connectivity index (χ4n) is 3.31. The van der Waals surface area contributed by atoms with E-state index in [2.05, 4.69) is 25.2 Å². The normalized spacial score (nSPS) is 26.1. The molecule has 0 saturated heterocycles. The first-order valence-corrected chi connectivity index (χ1v) is 7.60. The van der Waals surface area contributed by atoms with E-state index in [-0.39, 0.29) is 0 Å². The summed E-state index contributed by atoms with van der Waals surface area (Å²) < 4.78 is 5.28. The first-order valence-electron chi connectivity index (χ1n) is 7.60. The molecule has 1 aromatic heterocycles. The molecular weight excluding hydrogens is 222 g/mol. The molecule has 0 bridgehead atoms. The molecule has 2 nitrogen and oxygen atoms in total. The predicted molar refractivity (Wildman–Crippen MR) is 75.5 cm³/mol. The molecule has 3 unspecified atom stereocenters. The summed E-state index contributed by atoms with van der Waals surface area (Å²) >= 11 is 0. The molecule has 2 rings (SSSR count). The Hall–Kier alpha value is -0.760. The van der Waals surface area contributed by atoms with Crippen LogP contribution in [0.5, 0.6) is 0 Å². The molecule has 102 valence electrons. The van der Waals surface area contributed by atoms with Crippen molar-refractivity contribution in [2.24, 2.45) is 11.8 Å². The summed E-state index contributed by atoms with van der Waals surface area (Å²) in [4.78, 5) is 0. The second kappa shape index (κ2) is 6.98. The molecule has 1 aliphatic rings. The van der Waals surface area contributed by atoms with Crippen LogP contribution in [0.3, 0.4) is 0 Å². The number of nitrogens with one attached hydrogen (secondary N) is 1. The van der Waals surface area contributed by atoms with Gasteiger partial charge < -0.3 is 9.73 Å². The highest BCUT2D eigenvalue weighted by molar-refractivity contribution is 5.13. The number of rotatable bonds is 6. The highest BCUT2D eigenvalue weighted by atomic mass is 16.3. The molecule has 1 aliphatic carbocycles. The Morgan fingerprint density at radius 2 is 2.28 bits per heavy atom. The Morgan fingerprint density at radius 3 is 2.94 bits per heavy atom. The van der Waals surface area contributed by atoms with E-state index in [1.807, 2.05) is 6.26 Å². The summed E-state index contributed by atoms with van der Waals surface area (Å²) in [7, 11) is 0. The van der Waals surface area contributed by atoms with Crippen molar-refractivity contribution in [3.8, 4) is 0 Å². The second-order valence-corrected chi connectivity index (χ2v) is 5.69. The van der Waals surface area contributed by atoms with Crippen molar-refractivity contribution in [2.45, 2.75) is 58.4 Å². The van der Waals surface area contributed by atoms with E-state index < -0.39 is 0 Å². The average molecular weight is 249 g/mol. The van der Waals surface area contributed by atoms with Crippen LogP contribution in [-0.2, 0) is 0 Å². The summed E-state index contributed by atoms with van der Waals surface area (Å²) in [5.74, 6) is 1.72. The van der Waals surface area contributed by atoms with E-state index in [1.54, 1.807) is 6.26 Å². The van der Waals surface area contributed by atoms with Crippen molar-refractivity contribution in [3.63, 3.8) is 0 Å². The quantitative estimate of drug-likeness (QED) is 0.801. The third-order valence-corrected chi connectivity index (χ3v) is 4.39. The molecule has 1 fully saturated rings. The molecular formula is C16H27NO. The Morgan fingerprint density at radius 1 is 1.39 bits per heavy atom. The standard InChI is InChI=1S/C16H27NO/c1-3-9-17-16(15-8-10-18-12-15)14-7-5-6-13(4-2)11-14/h8,10,12-14,16-17H,3-7,9,11H2,1-2H3. The number of furan rings is 1. The zero-order valence-corrected chi connectivity index (χ0v) is 11.8. The van der Waals surface area contributed by atoms with E-state index in [1.165, 1.54) is 44.1 Å². The minimum Gasteiger partial charge on any atom is -0.472 e. The van der Waals surface area contributed by atoms with Crippen molar-refractivity contribution in [3.05, 3.63) is 24.2 Å². The topological polar surface area (TPSA) is 25.2 Å². The lowest BCUT2D eigenvalue weighted by Gasteiger charge is -2.34. The molecule has 1 heterocycles. The summed E-state index contributed by atoms with van der Waals surface area (Å²) in [6, 6.07) is 2.63. The van der Waals surface area contributed by atoms with Crippen LogP contribution in [0.1, 0.15) is 64.0 Å².